The molecule has 1 atom stereocenters. The van der Waals surface area contributed by atoms with Crippen molar-refractivity contribution < 1.29 is 19.0 Å². The number of carbonyl (C=O) groups excluding carboxylic acids is 1. The number of esters is 1. The van der Waals surface area contributed by atoms with Gasteiger partial charge in [0.15, 0.2) is 11.5 Å². The predicted molar refractivity (Wildman–Crippen MR) is 88.9 cm³/mol. The molecule has 1 aromatic heterocycles. The summed E-state index contributed by atoms with van der Waals surface area (Å²) in [6.45, 7) is 1.74. The standard InChI is InChI=1S/C15H16ClN5O4/c1-7-11(14(22)25-4)12(21-15(17-7)18-19-20-21)9-5-8(16)6-10(23-2)13(9)24-3/h5-6,12H,1-4H3,(H,17,18,20). The second-order valence-corrected chi connectivity index (χ2v) is 5.67. The van der Waals surface area contributed by atoms with E-state index >= 15 is 0 Å². The maximum atomic E-state index is 12.4. The Hall–Kier alpha value is -2.81. The van der Waals surface area contributed by atoms with E-state index in [1.807, 2.05) is 0 Å². The average Bonchev–Trinajstić information content (AvgIpc) is 3.06. The summed E-state index contributed by atoms with van der Waals surface area (Å²) < 4.78 is 17.3. The molecule has 1 aliphatic heterocycles. The molecule has 2 heterocycles. The van der Waals surface area contributed by atoms with Crippen LogP contribution in [0.3, 0.4) is 0 Å². The van der Waals surface area contributed by atoms with Crippen LogP contribution in [0, 0.1) is 0 Å². The lowest BCUT2D eigenvalue weighted by atomic mass is 9.94. The molecule has 0 saturated heterocycles. The van der Waals surface area contributed by atoms with Gasteiger partial charge in [0.05, 0.1) is 26.9 Å². The lowest BCUT2D eigenvalue weighted by Gasteiger charge is -2.28. The Bertz CT molecular complexity index is 864. The van der Waals surface area contributed by atoms with Crippen molar-refractivity contribution in [2.24, 2.45) is 0 Å². The van der Waals surface area contributed by atoms with Crippen molar-refractivity contribution >= 4 is 23.5 Å². The smallest absolute Gasteiger partial charge is 0.338 e. The van der Waals surface area contributed by atoms with Gasteiger partial charge in [0.2, 0.25) is 5.95 Å². The van der Waals surface area contributed by atoms with Crippen LogP contribution in [0.25, 0.3) is 0 Å². The molecule has 0 amide bonds. The largest absolute Gasteiger partial charge is 0.493 e. The molecule has 0 radical (unpaired) electrons. The Balaban J connectivity index is 2.30. The van der Waals surface area contributed by atoms with Gasteiger partial charge < -0.3 is 19.5 Å². The maximum Gasteiger partial charge on any atom is 0.338 e. The number of anilines is 1. The summed E-state index contributed by atoms with van der Waals surface area (Å²) in [7, 11) is 4.32. The van der Waals surface area contributed by atoms with Gasteiger partial charge in [-0.1, -0.05) is 16.7 Å². The first-order valence-electron chi connectivity index (χ1n) is 7.27. The number of rotatable bonds is 4. The van der Waals surface area contributed by atoms with Crippen molar-refractivity contribution in [2.45, 2.75) is 13.0 Å². The minimum Gasteiger partial charge on any atom is -0.493 e. The first-order valence-corrected chi connectivity index (χ1v) is 7.65. The lowest BCUT2D eigenvalue weighted by molar-refractivity contribution is -0.136. The molecule has 2 aromatic rings. The molecule has 9 nitrogen and oxygen atoms in total. The fourth-order valence-corrected chi connectivity index (χ4v) is 3.05. The van der Waals surface area contributed by atoms with Gasteiger partial charge in [-0.25, -0.2) is 4.79 Å². The zero-order valence-electron chi connectivity index (χ0n) is 14.0. The molecular formula is C15H16ClN5O4. The summed E-state index contributed by atoms with van der Waals surface area (Å²) in [6.07, 6.45) is 0. The Morgan fingerprint density at radius 2 is 2.04 bits per heavy atom. The highest BCUT2D eigenvalue weighted by atomic mass is 35.5. The minimum absolute atomic E-state index is 0.338. The normalized spacial score (nSPS) is 16.1. The van der Waals surface area contributed by atoms with Crippen LogP contribution in [0.1, 0.15) is 18.5 Å². The van der Waals surface area contributed by atoms with E-state index in [4.69, 9.17) is 25.8 Å². The lowest BCUT2D eigenvalue weighted by Crippen LogP contribution is -2.29. The van der Waals surface area contributed by atoms with Crippen LogP contribution >= 0.6 is 11.6 Å². The minimum atomic E-state index is -0.693. The second kappa shape index (κ2) is 6.60. The third-order valence-electron chi connectivity index (χ3n) is 3.89. The summed E-state index contributed by atoms with van der Waals surface area (Å²) in [4.78, 5) is 12.4. The molecule has 1 unspecified atom stereocenters. The highest BCUT2D eigenvalue weighted by molar-refractivity contribution is 6.30. The van der Waals surface area contributed by atoms with Crippen LogP contribution in [0.4, 0.5) is 5.95 Å². The van der Waals surface area contributed by atoms with E-state index in [1.54, 1.807) is 19.1 Å². The van der Waals surface area contributed by atoms with Gasteiger partial charge in [-0.2, -0.15) is 4.68 Å². The van der Waals surface area contributed by atoms with E-state index < -0.39 is 12.0 Å². The number of benzene rings is 1. The van der Waals surface area contributed by atoms with Crippen LogP contribution in [-0.4, -0.2) is 47.5 Å². The molecule has 3 rings (SSSR count). The molecule has 1 aliphatic rings. The fourth-order valence-electron chi connectivity index (χ4n) is 2.84. The van der Waals surface area contributed by atoms with Crippen LogP contribution in [0.15, 0.2) is 23.4 Å². The molecule has 10 heteroatoms. The summed E-state index contributed by atoms with van der Waals surface area (Å²) in [6, 6.07) is 2.61. The van der Waals surface area contributed by atoms with Crippen molar-refractivity contribution in [1.82, 2.24) is 20.2 Å². The topological polar surface area (TPSA) is 100 Å². The first-order chi connectivity index (χ1) is 12.0. The zero-order valence-corrected chi connectivity index (χ0v) is 14.8. The summed E-state index contributed by atoms with van der Waals surface area (Å²) in [5.41, 5.74) is 1.48. The second-order valence-electron chi connectivity index (χ2n) is 5.24. The summed E-state index contributed by atoms with van der Waals surface area (Å²) in [5, 5.41) is 15.0. The Labute approximate surface area is 148 Å². The van der Waals surface area contributed by atoms with Gasteiger partial charge >= 0.3 is 5.97 Å². The number of hydrogen-bond donors (Lipinski definition) is 1. The summed E-state index contributed by atoms with van der Waals surface area (Å²) in [5.74, 6) is 0.725. The number of carbonyl (C=O) groups is 1. The SMILES string of the molecule is COC(=O)C1=C(C)Nc2nnnn2C1c1cc(Cl)cc(OC)c1OC. The van der Waals surface area contributed by atoms with Crippen molar-refractivity contribution in [3.8, 4) is 11.5 Å². The Kier molecular flexibility index (Phi) is 4.49. The molecule has 132 valence electrons. The van der Waals surface area contributed by atoms with E-state index in [9.17, 15) is 4.79 Å². The molecule has 25 heavy (non-hydrogen) atoms. The zero-order chi connectivity index (χ0) is 18.1. The van der Waals surface area contributed by atoms with Crippen LogP contribution in [0.2, 0.25) is 5.02 Å². The Morgan fingerprint density at radius 1 is 1.28 bits per heavy atom. The molecule has 0 aliphatic carbocycles. The Morgan fingerprint density at radius 3 is 2.68 bits per heavy atom. The number of fused-ring (bicyclic) bond motifs is 1. The highest BCUT2D eigenvalue weighted by Gasteiger charge is 2.37. The van der Waals surface area contributed by atoms with Crippen molar-refractivity contribution in [1.29, 1.82) is 0 Å². The number of halogens is 1. The predicted octanol–water partition coefficient (Wildman–Crippen LogP) is 1.81. The molecule has 0 saturated carbocycles. The number of nitrogens with zero attached hydrogens (tertiary/aromatic N) is 4. The maximum absolute atomic E-state index is 12.4. The van der Waals surface area contributed by atoms with Gasteiger partial charge in [0, 0.05) is 22.3 Å². The third kappa shape index (κ3) is 2.76. The quantitative estimate of drug-likeness (QED) is 0.819. The van der Waals surface area contributed by atoms with Crippen LogP contribution < -0.4 is 14.8 Å². The molecule has 0 fully saturated rings. The van der Waals surface area contributed by atoms with Crippen LogP contribution in [0.5, 0.6) is 11.5 Å². The highest BCUT2D eigenvalue weighted by Crippen LogP contribution is 2.44. The first kappa shape index (κ1) is 17.0. The number of aromatic nitrogens is 4. The molecule has 1 N–H and O–H groups in total. The third-order valence-corrected chi connectivity index (χ3v) is 4.10. The van der Waals surface area contributed by atoms with Crippen molar-refractivity contribution in [2.75, 3.05) is 26.6 Å². The van der Waals surface area contributed by atoms with Gasteiger partial charge in [-0.15, -0.1) is 0 Å². The number of hydrogen-bond acceptors (Lipinski definition) is 8. The molecular weight excluding hydrogens is 350 g/mol. The monoisotopic (exact) mass is 365 g/mol. The number of nitrogens with one attached hydrogen (secondary N) is 1. The molecule has 1 aromatic carbocycles. The van der Waals surface area contributed by atoms with Crippen LogP contribution in [-0.2, 0) is 9.53 Å². The fraction of sp³-hybridized carbons (Fsp3) is 0.333. The summed E-state index contributed by atoms with van der Waals surface area (Å²) >= 11 is 6.23. The van der Waals surface area contributed by atoms with E-state index in [0.29, 0.717) is 39.3 Å². The van der Waals surface area contributed by atoms with E-state index in [0.717, 1.165) is 0 Å². The van der Waals surface area contributed by atoms with Crippen molar-refractivity contribution in [3.05, 3.63) is 34.0 Å². The van der Waals surface area contributed by atoms with Gasteiger partial charge in [0.1, 0.15) is 6.04 Å². The average molecular weight is 366 g/mol. The van der Waals surface area contributed by atoms with Gasteiger partial charge in [-0.05, 0) is 23.4 Å². The number of methoxy groups -OCH3 is 3. The molecule has 0 spiro atoms. The molecule has 0 bridgehead atoms. The van der Waals surface area contributed by atoms with Gasteiger partial charge in [-0.3, -0.25) is 0 Å². The van der Waals surface area contributed by atoms with Gasteiger partial charge in [0.25, 0.3) is 0 Å². The van der Waals surface area contributed by atoms with E-state index in [1.165, 1.54) is 26.0 Å². The number of tetrazole rings is 1. The van der Waals surface area contributed by atoms with E-state index in [2.05, 4.69) is 20.8 Å². The number of allylic oxidation sites excluding steroid dienone is 1. The number of ether oxygens (including phenoxy) is 3. The van der Waals surface area contributed by atoms with Crippen molar-refractivity contribution in [3.63, 3.8) is 0 Å². The van der Waals surface area contributed by atoms with E-state index in [-0.39, 0.29) is 0 Å².